The third-order valence-electron chi connectivity index (χ3n) is 3.89. The summed E-state index contributed by atoms with van der Waals surface area (Å²) in [6, 6.07) is 6.19. The summed E-state index contributed by atoms with van der Waals surface area (Å²) in [5.74, 6) is 0.0598. The first-order valence-corrected chi connectivity index (χ1v) is 6.89. The van der Waals surface area contributed by atoms with Gasteiger partial charge in [-0.3, -0.25) is 9.69 Å². The molecule has 0 radical (unpaired) electrons. The number of amides is 1. The van der Waals surface area contributed by atoms with Crippen LogP contribution in [0.3, 0.4) is 0 Å². The van der Waals surface area contributed by atoms with E-state index in [1.165, 1.54) is 0 Å². The lowest BCUT2D eigenvalue weighted by Crippen LogP contribution is -2.50. The number of hydrogen-bond acceptors (Lipinski definition) is 3. The average Bonchev–Trinajstić information content (AvgIpc) is 2.41. The number of nitrogens with zero attached hydrogens (tertiary/aromatic N) is 2. The average molecular weight is 261 g/mol. The molecule has 4 nitrogen and oxygen atoms in total. The second kappa shape index (κ2) is 5.61. The number of carbonyl (C=O) groups is 1. The van der Waals surface area contributed by atoms with Gasteiger partial charge in [-0.1, -0.05) is 12.1 Å². The first kappa shape index (κ1) is 13.9. The molecule has 0 bridgehead atoms. The quantitative estimate of drug-likeness (QED) is 0.825. The van der Waals surface area contributed by atoms with Gasteiger partial charge < -0.3 is 10.6 Å². The standard InChI is InChI=1S/C15H23N3O/c1-11(2)17-7-9-18(10-8-17)15(19)13-6-4-5-12(3)14(13)16/h4-6,11H,7-10,16H2,1-3H3. The summed E-state index contributed by atoms with van der Waals surface area (Å²) in [5.41, 5.74) is 8.22. The molecule has 0 atom stereocenters. The number of aryl methyl sites for hydroxylation is 1. The van der Waals surface area contributed by atoms with Gasteiger partial charge in [0.25, 0.3) is 5.91 Å². The first-order valence-electron chi connectivity index (χ1n) is 6.89. The van der Waals surface area contributed by atoms with Crippen molar-refractivity contribution in [3.05, 3.63) is 29.3 Å². The van der Waals surface area contributed by atoms with Crippen LogP contribution in [0, 0.1) is 6.92 Å². The minimum absolute atomic E-state index is 0.0598. The molecule has 1 aromatic carbocycles. The molecule has 1 aromatic rings. The monoisotopic (exact) mass is 261 g/mol. The molecule has 2 N–H and O–H groups in total. The molecule has 19 heavy (non-hydrogen) atoms. The molecule has 0 unspecified atom stereocenters. The van der Waals surface area contributed by atoms with Crippen molar-refractivity contribution in [3.63, 3.8) is 0 Å². The Labute approximate surface area is 115 Å². The maximum atomic E-state index is 12.5. The van der Waals surface area contributed by atoms with Crippen LogP contribution in [0.25, 0.3) is 0 Å². The van der Waals surface area contributed by atoms with Gasteiger partial charge in [0, 0.05) is 37.9 Å². The van der Waals surface area contributed by atoms with E-state index in [0.717, 1.165) is 31.7 Å². The smallest absolute Gasteiger partial charge is 0.256 e. The van der Waals surface area contributed by atoms with Crippen LogP contribution in [0.5, 0.6) is 0 Å². The molecule has 0 aliphatic carbocycles. The third-order valence-corrected chi connectivity index (χ3v) is 3.89. The first-order chi connectivity index (χ1) is 9.00. The number of carbonyl (C=O) groups excluding carboxylic acids is 1. The maximum absolute atomic E-state index is 12.5. The number of piperazine rings is 1. The summed E-state index contributed by atoms with van der Waals surface area (Å²) < 4.78 is 0. The summed E-state index contributed by atoms with van der Waals surface area (Å²) in [5, 5.41) is 0. The Balaban J connectivity index is 2.07. The van der Waals surface area contributed by atoms with E-state index in [2.05, 4.69) is 18.7 Å². The molecule has 1 saturated heterocycles. The number of nitrogen functional groups attached to an aromatic ring is 1. The fourth-order valence-electron chi connectivity index (χ4n) is 2.48. The van der Waals surface area contributed by atoms with Gasteiger partial charge in [-0.25, -0.2) is 0 Å². The van der Waals surface area contributed by atoms with Crippen molar-refractivity contribution in [1.29, 1.82) is 0 Å². The van der Waals surface area contributed by atoms with Crippen molar-refractivity contribution >= 4 is 11.6 Å². The van der Waals surface area contributed by atoms with Crippen molar-refractivity contribution in [1.82, 2.24) is 9.80 Å². The molecular formula is C15H23N3O. The molecule has 0 spiro atoms. The molecule has 4 heteroatoms. The highest BCUT2D eigenvalue weighted by Crippen LogP contribution is 2.19. The topological polar surface area (TPSA) is 49.6 Å². The minimum atomic E-state index is 0.0598. The predicted octanol–water partition coefficient (Wildman–Crippen LogP) is 1.74. The zero-order valence-corrected chi connectivity index (χ0v) is 12.0. The van der Waals surface area contributed by atoms with Gasteiger partial charge in [0.1, 0.15) is 0 Å². The summed E-state index contributed by atoms with van der Waals surface area (Å²) in [4.78, 5) is 16.8. The molecule has 1 amide bonds. The minimum Gasteiger partial charge on any atom is -0.398 e. The van der Waals surface area contributed by atoms with Gasteiger partial charge >= 0.3 is 0 Å². The largest absolute Gasteiger partial charge is 0.398 e. The van der Waals surface area contributed by atoms with E-state index in [9.17, 15) is 4.79 Å². The van der Waals surface area contributed by atoms with Gasteiger partial charge in [0.15, 0.2) is 0 Å². The predicted molar refractivity (Wildman–Crippen MR) is 78.2 cm³/mol. The third kappa shape index (κ3) is 2.89. The van der Waals surface area contributed by atoms with Crippen LogP contribution >= 0.6 is 0 Å². The molecule has 104 valence electrons. The highest BCUT2D eigenvalue weighted by Gasteiger charge is 2.24. The lowest BCUT2D eigenvalue weighted by molar-refractivity contribution is 0.0596. The van der Waals surface area contributed by atoms with E-state index in [1.54, 1.807) is 0 Å². The second-order valence-electron chi connectivity index (χ2n) is 5.46. The van der Waals surface area contributed by atoms with Crippen LogP contribution in [0.1, 0.15) is 29.8 Å². The number of benzene rings is 1. The van der Waals surface area contributed by atoms with E-state index in [0.29, 0.717) is 17.3 Å². The summed E-state index contributed by atoms with van der Waals surface area (Å²) in [6.45, 7) is 9.76. The molecular weight excluding hydrogens is 238 g/mol. The molecule has 1 aliphatic rings. The molecule has 0 aromatic heterocycles. The molecule has 1 aliphatic heterocycles. The summed E-state index contributed by atoms with van der Waals surface area (Å²) in [6.07, 6.45) is 0. The molecule has 0 saturated carbocycles. The summed E-state index contributed by atoms with van der Waals surface area (Å²) in [7, 11) is 0. The van der Waals surface area contributed by atoms with E-state index >= 15 is 0 Å². The van der Waals surface area contributed by atoms with Crippen LogP contribution in [-0.4, -0.2) is 47.9 Å². The summed E-state index contributed by atoms with van der Waals surface area (Å²) >= 11 is 0. The molecule has 1 fully saturated rings. The Morgan fingerprint density at radius 3 is 2.42 bits per heavy atom. The zero-order chi connectivity index (χ0) is 14.0. The molecule has 2 rings (SSSR count). The lowest BCUT2D eigenvalue weighted by Gasteiger charge is -2.37. The van der Waals surface area contributed by atoms with Gasteiger partial charge in [0.05, 0.1) is 5.56 Å². The van der Waals surface area contributed by atoms with Gasteiger partial charge in [-0.05, 0) is 32.4 Å². The van der Waals surface area contributed by atoms with Crippen LogP contribution in [0.2, 0.25) is 0 Å². The second-order valence-corrected chi connectivity index (χ2v) is 5.46. The van der Waals surface area contributed by atoms with E-state index in [-0.39, 0.29) is 5.91 Å². The van der Waals surface area contributed by atoms with Crippen molar-refractivity contribution < 1.29 is 4.79 Å². The number of hydrogen-bond donors (Lipinski definition) is 1. The van der Waals surface area contributed by atoms with Crippen LogP contribution in [0.4, 0.5) is 5.69 Å². The zero-order valence-electron chi connectivity index (χ0n) is 12.0. The van der Waals surface area contributed by atoms with E-state index < -0.39 is 0 Å². The SMILES string of the molecule is Cc1cccc(C(=O)N2CCN(C(C)C)CC2)c1N. The number of anilines is 1. The Bertz CT molecular complexity index is 462. The highest BCUT2D eigenvalue weighted by molar-refractivity contribution is 5.99. The number of para-hydroxylation sites is 1. The van der Waals surface area contributed by atoms with Crippen LogP contribution < -0.4 is 5.73 Å². The lowest BCUT2D eigenvalue weighted by atomic mass is 10.1. The normalized spacial score (nSPS) is 16.9. The fourth-order valence-corrected chi connectivity index (χ4v) is 2.48. The Hall–Kier alpha value is -1.55. The van der Waals surface area contributed by atoms with E-state index in [4.69, 9.17) is 5.73 Å². The van der Waals surface area contributed by atoms with Gasteiger partial charge in [-0.2, -0.15) is 0 Å². The van der Waals surface area contributed by atoms with Crippen molar-refractivity contribution in [2.24, 2.45) is 0 Å². The Morgan fingerprint density at radius 1 is 1.21 bits per heavy atom. The number of rotatable bonds is 2. The van der Waals surface area contributed by atoms with Crippen molar-refractivity contribution in [3.8, 4) is 0 Å². The number of nitrogens with two attached hydrogens (primary N) is 1. The van der Waals surface area contributed by atoms with Crippen LogP contribution in [-0.2, 0) is 0 Å². The maximum Gasteiger partial charge on any atom is 0.256 e. The Morgan fingerprint density at radius 2 is 1.84 bits per heavy atom. The fraction of sp³-hybridized carbons (Fsp3) is 0.533. The van der Waals surface area contributed by atoms with Crippen LogP contribution in [0.15, 0.2) is 18.2 Å². The van der Waals surface area contributed by atoms with Crippen molar-refractivity contribution in [2.45, 2.75) is 26.8 Å². The Kier molecular flexibility index (Phi) is 4.10. The highest BCUT2D eigenvalue weighted by atomic mass is 16.2. The van der Waals surface area contributed by atoms with E-state index in [1.807, 2.05) is 30.0 Å². The van der Waals surface area contributed by atoms with Gasteiger partial charge in [-0.15, -0.1) is 0 Å². The van der Waals surface area contributed by atoms with Gasteiger partial charge in [0.2, 0.25) is 0 Å². The van der Waals surface area contributed by atoms with Crippen molar-refractivity contribution in [2.75, 3.05) is 31.9 Å². The molecule has 1 heterocycles.